The topological polar surface area (TPSA) is 77.8 Å². The summed E-state index contributed by atoms with van der Waals surface area (Å²) in [6.07, 6.45) is 6.92. The average Bonchev–Trinajstić information content (AvgIpc) is 3.47. The van der Waals surface area contributed by atoms with E-state index in [0.717, 1.165) is 62.7 Å². The van der Waals surface area contributed by atoms with Crippen LogP contribution in [0.4, 0.5) is 10.2 Å². The zero-order chi connectivity index (χ0) is 31.2. The third kappa shape index (κ3) is 5.98. The molecule has 0 radical (unpaired) electrons. The van der Waals surface area contributed by atoms with Gasteiger partial charge in [-0.05, 0) is 70.5 Å². The molecule has 7 rings (SSSR count). The summed E-state index contributed by atoms with van der Waals surface area (Å²) in [4.78, 5) is 14.0. The number of hydrogen-bond donors (Lipinski definition) is 0. The highest BCUT2D eigenvalue weighted by atomic mass is 35.5. The maximum absolute atomic E-state index is 17.1. The van der Waals surface area contributed by atoms with Gasteiger partial charge in [0, 0.05) is 60.4 Å². The lowest BCUT2D eigenvalue weighted by Gasteiger charge is -2.38. The van der Waals surface area contributed by atoms with Crippen LogP contribution in [0.3, 0.4) is 0 Å². The summed E-state index contributed by atoms with van der Waals surface area (Å²) in [5, 5.41) is 6.71. The molecule has 4 aromatic rings. The molecule has 0 spiro atoms. The summed E-state index contributed by atoms with van der Waals surface area (Å²) in [6, 6.07) is 6.19. The molecule has 4 atom stereocenters. The Kier molecular flexibility index (Phi) is 8.58. The maximum Gasteiger partial charge on any atom is 0.319 e. The molecule has 3 aliphatic heterocycles. The van der Waals surface area contributed by atoms with Crippen molar-refractivity contribution in [3.63, 3.8) is 0 Å². The van der Waals surface area contributed by atoms with E-state index in [0.29, 0.717) is 46.4 Å². The van der Waals surface area contributed by atoms with Crippen LogP contribution in [-0.2, 0) is 9.47 Å². The van der Waals surface area contributed by atoms with Crippen LogP contribution >= 0.6 is 11.6 Å². The molecule has 9 nitrogen and oxygen atoms in total. The first-order chi connectivity index (χ1) is 21.8. The van der Waals surface area contributed by atoms with Crippen LogP contribution in [0.25, 0.3) is 32.9 Å². The SMILES string of the molecule is Cc1ccc2cn(C3CCCCO3)nc2c1-c1c(Cl)cc2c(N3C[C@@H](C)CC[C@@H]3C)nc(OC[C@@H]3CN(C)CCO3)nc2c1F. The molecule has 0 saturated carbocycles. The van der Waals surface area contributed by atoms with Gasteiger partial charge in [0.15, 0.2) is 5.82 Å². The molecular formula is C34H42ClFN6O3. The lowest BCUT2D eigenvalue weighted by Crippen LogP contribution is -2.43. The summed E-state index contributed by atoms with van der Waals surface area (Å²) in [5.41, 5.74) is 2.70. The van der Waals surface area contributed by atoms with Crippen LogP contribution < -0.4 is 9.64 Å². The fraction of sp³-hybridized carbons (Fsp3) is 0.559. The number of benzene rings is 2. The van der Waals surface area contributed by atoms with Crippen LogP contribution in [0.1, 0.15) is 57.7 Å². The van der Waals surface area contributed by atoms with E-state index in [4.69, 9.17) is 35.9 Å². The van der Waals surface area contributed by atoms with Crippen LogP contribution in [0.15, 0.2) is 24.4 Å². The van der Waals surface area contributed by atoms with Crippen molar-refractivity contribution in [2.45, 2.75) is 71.2 Å². The predicted molar refractivity (Wildman–Crippen MR) is 175 cm³/mol. The molecule has 3 aliphatic rings. The molecule has 3 saturated heterocycles. The first kappa shape index (κ1) is 30.6. The first-order valence-corrected chi connectivity index (χ1v) is 16.6. The van der Waals surface area contributed by atoms with Crippen LogP contribution in [-0.4, -0.2) is 83.3 Å². The van der Waals surface area contributed by atoms with Crippen LogP contribution in [0, 0.1) is 18.7 Å². The summed E-state index contributed by atoms with van der Waals surface area (Å²) < 4.78 is 37.0. The van der Waals surface area contributed by atoms with Gasteiger partial charge >= 0.3 is 6.01 Å². The van der Waals surface area contributed by atoms with Crippen LogP contribution in [0.2, 0.25) is 5.02 Å². The van der Waals surface area contributed by atoms with Crippen molar-refractivity contribution >= 4 is 39.2 Å². The lowest BCUT2D eigenvalue weighted by molar-refractivity contribution is -0.0416. The minimum atomic E-state index is -0.503. The second kappa shape index (κ2) is 12.6. The largest absolute Gasteiger partial charge is 0.461 e. The summed E-state index contributed by atoms with van der Waals surface area (Å²) in [5.74, 6) is 0.623. The van der Waals surface area contributed by atoms with Gasteiger partial charge < -0.3 is 24.0 Å². The van der Waals surface area contributed by atoms with E-state index in [9.17, 15) is 0 Å². The minimum Gasteiger partial charge on any atom is -0.461 e. The number of likely N-dealkylation sites (N-methyl/N-ethyl adjacent to an activating group) is 1. The van der Waals surface area contributed by atoms with Crippen molar-refractivity contribution in [2.24, 2.45) is 5.92 Å². The van der Waals surface area contributed by atoms with Gasteiger partial charge in [-0.1, -0.05) is 30.7 Å². The van der Waals surface area contributed by atoms with Gasteiger partial charge in [-0.3, -0.25) is 0 Å². The molecule has 240 valence electrons. The molecule has 0 amide bonds. The Labute approximate surface area is 268 Å². The second-order valence-electron chi connectivity index (χ2n) is 13.1. The smallest absolute Gasteiger partial charge is 0.319 e. The van der Waals surface area contributed by atoms with Crippen molar-refractivity contribution in [1.82, 2.24) is 24.6 Å². The number of piperidine rings is 1. The van der Waals surface area contributed by atoms with Gasteiger partial charge in [0.25, 0.3) is 0 Å². The van der Waals surface area contributed by atoms with E-state index in [-0.39, 0.29) is 42.1 Å². The van der Waals surface area contributed by atoms with Gasteiger partial charge in [0.2, 0.25) is 0 Å². The molecule has 3 fully saturated rings. The number of aromatic nitrogens is 4. The number of halogens is 2. The standard InChI is InChI=1S/C34H42ClFN6O3/c1-20-8-10-22(3)41(16-20)33-25-15-26(35)29(30(36)32(25)37-34(38-33)45-19-24-18-40(4)12-14-43-24)28-21(2)9-11-23-17-42(39-31(23)28)27-7-5-6-13-44-27/h9,11,15,17,20,22,24,27H,5-8,10,12-14,16,18-19H2,1-4H3/t20-,22-,24-,27?/m0/s1. The Morgan fingerprint density at radius 2 is 1.89 bits per heavy atom. The van der Waals surface area contributed by atoms with Gasteiger partial charge in [-0.15, -0.1) is 0 Å². The maximum atomic E-state index is 17.1. The first-order valence-electron chi connectivity index (χ1n) is 16.3. The molecular weight excluding hydrogens is 595 g/mol. The van der Waals surface area contributed by atoms with Crippen LogP contribution in [0.5, 0.6) is 6.01 Å². The lowest BCUT2D eigenvalue weighted by atomic mass is 9.94. The number of nitrogens with zero attached hydrogens (tertiary/aromatic N) is 6. The molecule has 45 heavy (non-hydrogen) atoms. The summed E-state index contributed by atoms with van der Waals surface area (Å²) in [6.45, 7) is 10.5. The third-order valence-electron chi connectivity index (χ3n) is 9.58. The zero-order valence-electron chi connectivity index (χ0n) is 26.6. The Balaban J connectivity index is 1.36. The van der Waals surface area contributed by atoms with Crippen molar-refractivity contribution in [2.75, 3.05) is 51.4 Å². The van der Waals surface area contributed by atoms with Crippen molar-refractivity contribution in [1.29, 1.82) is 0 Å². The number of hydrogen-bond acceptors (Lipinski definition) is 8. The molecule has 11 heteroatoms. The molecule has 2 aromatic carbocycles. The molecule has 5 heterocycles. The Hall–Kier alpha value is -3.05. The number of fused-ring (bicyclic) bond motifs is 2. The van der Waals surface area contributed by atoms with Crippen molar-refractivity contribution in [3.05, 3.63) is 40.8 Å². The summed E-state index contributed by atoms with van der Waals surface area (Å²) in [7, 11) is 2.06. The second-order valence-corrected chi connectivity index (χ2v) is 13.6. The van der Waals surface area contributed by atoms with E-state index in [1.807, 2.05) is 36.0 Å². The fourth-order valence-electron chi connectivity index (χ4n) is 6.99. The van der Waals surface area contributed by atoms with E-state index in [1.54, 1.807) is 0 Å². The van der Waals surface area contributed by atoms with Gasteiger partial charge in [0.1, 0.15) is 35.8 Å². The third-order valence-corrected chi connectivity index (χ3v) is 9.88. The number of morpholine rings is 1. The highest BCUT2D eigenvalue weighted by Crippen LogP contribution is 2.43. The quantitative estimate of drug-likeness (QED) is 0.229. The van der Waals surface area contributed by atoms with Crippen molar-refractivity contribution < 1.29 is 18.6 Å². The van der Waals surface area contributed by atoms with Gasteiger partial charge in [-0.2, -0.15) is 15.1 Å². The Morgan fingerprint density at radius 3 is 2.69 bits per heavy atom. The molecule has 0 bridgehead atoms. The van der Waals surface area contributed by atoms with Gasteiger partial charge in [-0.25, -0.2) is 9.07 Å². The molecule has 0 N–H and O–H groups in total. The monoisotopic (exact) mass is 636 g/mol. The molecule has 0 aliphatic carbocycles. The zero-order valence-corrected chi connectivity index (χ0v) is 27.3. The highest BCUT2D eigenvalue weighted by molar-refractivity contribution is 6.35. The normalized spacial score (nSPS) is 24.9. The average molecular weight is 637 g/mol. The minimum absolute atomic E-state index is 0.116. The number of anilines is 1. The van der Waals surface area contributed by atoms with E-state index >= 15 is 4.39 Å². The summed E-state index contributed by atoms with van der Waals surface area (Å²) >= 11 is 7.04. The molecule has 1 unspecified atom stereocenters. The molecule has 2 aromatic heterocycles. The van der Waals surface area contributed by atoms with E-state index in [1.165, 1.54) is 0 Å². The number of rotatable bonds is 6. The number of ether oxygens (including phenoxy) is 3. The highest BCUT2D eigenvalue weighted by Gasteiger charge is 2.30. The Morgan fingerprint density at radius 1 is 1.02 bits per heavy atom. The predicted octanol–water partition coefficient (Wildman–Crippen LogP) is 6.78. The number of aryl methyl sites for hydroxylation is 1. The fourth-order valence-corrected chi connectivity index (χ4v) is 7.28. The Bertz CT molecular complexity index is 1710. The van der Waals surface area contributed by atoms with E-state index < -0.39 is 5.82 Å². The van der Waals surface area contributed by atoms with E-state index in [2.05, 4.69) is 35.7 Å². The van der Waals surface area contributed by atoms with Crippen molar-refractivity contribution in [3.8, 4) is 17.1 Å². The van der Waals surface area contributed by atoms with Gasteiger partial charge in [0.05, 0.1) is 11.6 Å².